The highest BCUT2D eigenvalue weighted by molar-refractivity contribution is 6.23. The molecule has 1 atom stereocenters. The number of hydrogen-bond acceptors (Lipinski definition) is 5. The topological polar surface area (TPSA) is 82.1 Å². The molecule has 0 radical (unpaired) electrons. The average Bonchev–Trinajstić information content (AvgIpc) is 2.68. The second kappa shape index (κ2) is 10.7. The zero-order chi connectivity index (χ0) is 20.5. The van der Waals surface area contributed by atoms with Gasteiger partial charge in [-0.05, 0) is 50.2 Å². The van der Waals surface area contributed by atoms with E-state index in [4.69, 9.17) is 0 Å². The standard InChI is InChI=1S/C20H27FN4O3/c1-3-24(4-2)12-5-11-22-14-17-18(26)23-20(28)25(19(17)27)13-10-15-6-8-16(21)9-7-15/h6-9,14,17H,3-5,10-13H2,1-2H3,(H,23,26,28). The predicted molar refractivity (Wildman–Crippen MR) is 105 cm³/mol. The van der Waals surface area contributed by atoms with E-state index in [1.54, 1.807) is 12.1 Å². The number of urea groups is 1. The number of barbiturate groups is 1. The average molecular weight is 390 g/mol. The number of halogens is 1. The number of amides is 4. The third-order valence-electron chi connectivity index (χ3n) is 4.74. The second-order valence-electron chi connectivity index (χ2n) is 6.57. The maximum Gasteiger partial charge on any atom is 0.330 e. The summed E-state index contributed by atoms with van der Waals surface area (Å²) in [6, 6.07) is 5.11. The van der Waals surface area contributed by atoms with Gasteiger partial charge in [-0.15, -0.1) is 0 Å². The van der Waals surface area contributed by atoms with Crippen LogP contribution in [0.25, 0.3) is 0 Å². The van der Waals surface area contributed by atoms with Gasteiger partial charge in [-0.2, -0.15) is 0 Å². The molecule has 1 fully saturated rings. The number of imide groups is 2. The van der Waals surface area contributed by atoms with Crippen LogP contribution in [0.5, 0.6) is 0 Å². The Kier molecular flexibility index (Phi) is 8.25. The maximum atomic E-state index is 13.0. The zero-order valence-electron chi connectivity index (χ0n) is 16.4. The van der Waals surface area contributed by atoms with Crippen LogP contribution < -0.4 is 5.32 Å². The highest BCUT2D eigenvalue weighted by Gasteiger charge is 2.39. The highest BCUT2D eigenvalue weighted by Crippen LogP contribution is 2.11. The number of rotatable bonds is 10. The normalized spacial score (nSPS) is 17.6. The minimum Gasteiger partial charge on any atom is -0.304 e. The van der Waals surface area contributed by atoms with Gasteiger partial charge in [0.1, 0.15) is 5.82 Å². The third-order valence-corrected chi connectivity index (χ3v) is 4.74. The summed E-state index contributed by atoms with van der Waals surface area (Å²) in [5, 5.41) is 2.20. The van der Waals surface area contributed by atoms with Crippen LogP contribution >= 0.6 is 0 Å². The van der Waals surface area contributed by atoms with Crippen LogP contribution in [0, 0.1) is 11.7 Å². The van der Waals surface area contributed by atoms with E-state index < -0.39 is 23.8 Å². The van der Waals surface area contributed by atoms with Crippen LogP contribution in [0.2, 0.25) is 0 Å². The highest BCUT2D eigenvalue weighted by atomic mass is 19.1. The molecule has 1 aromatic carbocycles. The summed E-state index contributed by atoms with van der Waals surface area (Å²) in [6.07, 6.45) is 2.53. The monoisotopic (exact) mass is 390 g/mol. The van der Waals surface area contributed by atoms with Gasteiger partial charge >= 0.3 is 6.03 Å². The van der Waals surface area contributed by atoms with Crippen LogP contribution in [-0.4, -0.2) is 66.6 Å². The van der Waals surface area contributed by atoms with E-state index in [-0.39, 0.29) is 12.4 Å². The molecule has 0 aliphatic carbocycles. The molecular formula is C20H27FN4O3. The van der Waals surface area contributed by atoms with E-state index in [2.05, 4.69) is 29.1 Å². The lowest BCUT2D eigenvalue weighted by Gasteiger charge is -2.28. The predicted octanol–water partition coefficient (Wildman–Crippen LogP) is 1.87. The lowest BCUT2D eigenvalue weighted by molar-refractivity contribution is -0.139. The summed E-state index contributed by atoms with van der Waals surface area (Å²) < 4.78 is 13.0. The van der Waals surface area contributed by atoms with Crippen LogP contribution in [0.3, 0.4) is 0 Å². The van der Waals surface area contributed by atoms with E-state index >= 15 is 0 Å². The van der Waals surface area contributed by atoms with Gasteiger partial charge in [-0.1, -0.05) is 26.0 Å². The van der Waals surface area contributed by atoms with Crippen LogP contribution in [-0.2, 0) is 16.0 Å². The lowest BCUT2D eigenvalue weighted by Crippen LogP contribution is -2.58. The molecule has 1 aromatic rings. The quantitative estimate of drug-likeness (QED) is 0.376. The summed E-state index contributed by atoms with van der Waals surface area (Å²) in [4.78, 5) is 44.1. The molecule has 7 nitrogen and oxygen atoms in total. The first-order chi connectivity index (χ1) is 13.5. The number of hydrogen-bond donors (Lipinski definition) is 1. The van der Waals surface area contributed by atoms with Crippen molar-refractivity contribution in [3.05, 3.63) is 35.6 Å². The Morgan fingerprint density at radius 1 is 1.18 bits per heavy atom. The molecule has 0 aromatic heterocycles. The van der Waals surface area contributed by atoms with Crippen molar-refractivity contribution in [1.82, 2.24) is 15.1 Å². The molecule has 1 unspecified atom stereocenters. The SMILES string of the molecule is CCN(CC)CCCN=CC1C(=O)NC(=O)N(CCc2ccc(F)cc2)C1=O. The van der Waals surface area contributed by atoms with Gasteiger partial charge in [0.25, 0.3) is 0 Å². The van der Waals surface area contributed by atoms with E-state index in [0.29, 0.717) is 13.0 Å². The van der Waals surface area contributed by atoms with Gasteiger partial charge in [0, 0.05) is 19.3 Å². The molecule has 1 saturated heterocycles. The Labute approximate surface area is 164 Å². The number of aliphatic imine (C=N–C) groups is 1. The molecule has 0 bridgehead atoms. The fourth-order valence-corrected chi connectivity index (χ4v) is 2.97. The van der Waals surface area contributed by atoms with Crippen molar-refractivity contribution in [2.45, 2.75) is 26.7 Å². The minimum atomic E-state index is -1.10. The van der Waals surface area contributed by atoms with Crippen molar-refractivity contribution >= 4 is 24.1 Å². The summed E-state index contributed by atoms with van der Waals surface area (Å²) in [5.74, 6) is -2.68. The first-order valence-corrected chi connectivity index (χ1v) is 9.59. The van der Waals surface area contributed by atoms with Gasteiger partial charge < -0.3 is 4.90 Å². The molecule has 1 heterocycles. The molecule has 2 rings (SSSR count). The lowest BCUT2D eigenvalue weighted by atomic mass is 10.1. The van der Waals surface area contributed by atoms with Crippen LogP contribution in [0.15, 0.2) is 29.3 Å². The Morgan fingerprint density at radius 2 is 1.86 bits per heavy atom. The summed E-state index contributed by atoms with van der Waals surface area (Å²) in [7, 11) is 0. The van der Waals surface area contributed by atoms with Crippen molar-refractivity contribution < 1.29 is 18.8 Å². The van der Waals surface area contributed by atoms with E-state index in [9.17, 15) is 18.8 Å². The van der Waals surface area contributed by atoms with E-state index in [0.717, 1.165) is 36.5 Å². The molecule has 8 heteroatoms. The number of benzene rings is 1. The maximum absolute atomic E-state index is 13.0. The molecule has 28 heavy (non-hydrogen) atoms. The van der Waals surface area contributed by atoms with Crippen molar-refractivity contribution in [2.24, 2.45) is 10.9 Å². The number of carbonyl (C=O) groups is 3. The molecule has 1 aliphatic rings. The Hall–Kier alpha value is -2.61. The van der Waals surface area contributed by atoms with Gasteiger partial charge in [0.2, 0.25) is 11.8 Å². The number of nitrogens with zero attached hydrogens (tertiary/aromatic N) is 3. The van der Waals surface area contributed by atoms with Crippen molar-refractivity contribution in [3.63, 3.8) is 0 Å². The molecule has 1 aliphatic heterocycles. The van der Waals surface area contributed by atoms with Gasteiger partial charge in [-0.3, -0.25) is 24.8 Å². The first kappa shape index (κ1) is 21.7. The Morgan fingerprint density at radius 3 is 2.50 bits per heavy atom. The summed E-state index contributed by atoms with van der Waals surface area (Å²) >= 11 is 0. The fourth-order valence-electron chi connectivity index (χ4n) is 2.97. The molecular weight excluding hydrogens is 363 g/mol. The largest absolute Gasteiger partial charge is 0.330 e. The Bertz CT molecular complexity index is 717. The smallest absolute Gasteiger partial charge is 0.304 e. The summed E-state index contributed by atoms with van der Waals surface area (Å²) in [6.45, 7) is 7.64. The molecule has 0 spiro atoms. The summed E-state index contributed by atoms with van der Waals surface area (Å²) in [5.41, 5.74) is 0.792. The van der Waals surface area contributed by atoms with Gasteiger partial charge in [0.05, 0.1) is 0 Å². The van der Waals surface area contributed by atoms with E-state index in [1.165, 1.54) is 18.3 Å². The Balaban J connectivity index is 1.91. The van der Waals surface area contributed by atoms with Crippen molar-refractivity contribution in [3.8, 4) is 0 Å². The molecule has 152 valence electrons. The van der Waals surface area contributed by atoms with Crippen LogP contribution in [0.4, 0.5) is 9.18 Å². The van der Waals surface area contributed by atoms with Crippen LogP contribution in [0.1, 0.15) is 25.8 Å². The second-order valence-corrected chi connectivity index (χ2v) is 6.57. The van der Waals surface area contributed by atoms with Gasteiger partial charge in [-0.25, -0.2) is 9.18 Å². The molecule has 4 amide bonds. The molecule has 0 saturated carbocycles. The van der Waals surface area contributed by atoms with Crippen molar-refractivity contribution in [1.29, 1.82) is 0 Å². The molecule has 1 N–H and O–H groups in total. The number of carbonyl (C=O) groups excluding carboxylic acids is 3. The zero-order valence-corrected chi connectivity index (χ0v) is 16.4. The van der Waals surface area contributed by atoms with E-state index in [1.807, 2.05) is 0 Å². The number of nitrogens with one attached hydrogen (secondary N) is 1. The fraction of sp³-hybridized carbons (Fsp3) is 0.500. The minimum absolute atomic E-state index is 0.107. The van der Waals surface area contributed by atoms with Gasteiger partial charge in [0.15, 0.2) is 5.92 Å². The van der Waals surface area contributed by atoms with Crippen molar-refractivity contribution in [2.75, 3.05) is 32.7 Å². The third kappa shape index (κ3) is 5.95. The first-order valence-electron chi connectivity index (χ1n) is 9.59.